The van der Waals surface area contributed by atoms with Gasteiger partial charge in [0.15, 0.2) is 0 Å². The molecule has 3 N–H and O–H groups in total. The van der Waals surface area contributed by atoms with Crippen molar-refractivity contribution in [2.24, 2.45) is 11.7 Å². The van der Waals surface area contributed by atoms with Crippen LogP contribution in [0.1, 0.15) is 39.0 Å². The van der Waals surface area contributed by atoms with Crippen molar-refractivity contribution in [1.82, 2.24) is 0 Å². The second-order valence-corrected chi connectivity index (χ2v) is 4.65. The lowest BCUT2D eigenvalue weighted by Crippen LogP contribution is -2.35. The number of hydrogen-bond donors (Lipinski definition) is 2. The molecule has 3 nitrogen and oxygen atoms in total. The first-order valence-corrected chi connectivity index (χ1v) is 5.64. The summed E-state index contributed by atoms with van der Waals surface area (Å²) in [5, 5.41) is 9.58. The molecule has 1 fully saturated rings. The van der Waals surface area contributed by atoms with Crippen molar-refractivity contribution in [1.29, 1.82) is 0 Å². The molecule has 0 radical (unpaired) electrons. The zero-order valence-corrected chi connectivity index (χ0v) is 9.17. The van der Waals surface area contributed by atoms with Crippen molar-refractivity contribution in [2.45, 2.75) is 44.6 Å². The van der Waals surface area contributed by atoms with E-state index < -0.39 is 5.60 Å². The van der Waals surface area contributed by atoms with E-state index in [-0.39, 0.29) is 0 Å². The van der Waals surface area contributed by atoms with Crippen LogP contribution in [-0.4, -0.2) is 30.5 Å². The molecule has 0 bridgehead atoms. The first-order chi connectivity index (χ1) is 6.64. The highest BCUT2D eigenvalue weighted by Crippen LogP contribution is 2.29. The van der Waals surface area contributed by atoms with Crippen LogP contribution < -0.4 is 5.73 Å². The molecule has 3 heteroatoms. The van der Waals surface area contributed by atoms with Gasteiger partial charge in [-0.15, -0.1) is 0 Å². The van der Waals surface area contributed by atoms with E-state index in [4.69, 9.17) is 10.5 Å². The third-order valence-electron chi connectivity index (χ3n) is 3.12. The Kier molecular flexibility index (Phi) is 4.85. The Hall–Kier alpha value is -0.120. The SMILES string of the molecule is CC(O)(CN)CCOCCC1CCC1. The minimum absolute atomic E-state index is 0.305. The van der Waals surface area contributed by atoms with Crippen molar-refractivity contribution in [2.75, 3.05) is 19.8 Å². The van der Waals surface area contributed by atoms with Crippen LogP contribution in [0, 0.1) is 5.92 Å². The number of nitrogens with two attached hydrogens (primary N) is 1. The van der Waals surface area contributed by atoms with Gasteiger partial charge in [-0.1, -0.05) is 19.3 Å². The Morgan fingerprint density at radius 2 is 2.14 bits per heavy atom. The Morgan fingerprint density at radius 3 is 2.64 bits per heavy atom. The summed E-state index contributed by atoms with van der Waals surface area (Å²) in [5.74, 6) is 0.907. The van der Waals surface area contributed by atoms with Crippen LogP contribution in [0.5, 0.6) is 0 Å². The quantitative estimate of drug-likeness (QED) is 0.610. The van der Waals surface area contributed by atoms with E-state index in [1.807, 2.05) is 0 Å². The van der Waals surface area contributed by atoms with Crippen LogP contribution in [0.2, 0.25) is 0 Å². The van der Waals surface area contributed by atoms with Crippen molar-refractivity contribution >= 4 is 0 Å². The second kappa shape index (κ2) is 5.69. The molecule has 0 saturated heterocycles. The van der Waals surface area contributed by atoms with E-state index in [2.05, 4.69) is 0 Å². The largest absolute Gasteiger partial charge is 0.389 e. The molecule has 0 aromatic heterocycles. The molecule has 1 unspecified atom stereocenters. The van der Waals surface area contributed by atoms with Gasteiger partial charge in [-0.25, -0.2) is 0 Å². The zero-order chi connectivity index (χ0) is 10.4. The molecule has 1 aliphatic rings. The lowest BCUT2D eigenvalue weighted by molar-refractivity contribution is 0.0166. The molecule has 84 valence electrons. The average molecular weight is 201 g/mol. The molecule has 1 rings (SSSR count). The summed E-state index contributed by atoms with van der Waals surface area (Å²) in [6.07, 6.45) is 5.97. The molecular formula is C11H23NO2. The summed E-state index contributed by atoms with van der Waals surface area (Å²) >= 11 is 0. The third kappa shape index (κ3) is 4.40. The Morgan fingerprint density at radius 1 is 1.43 bits per heavy atom. The van der Waals surface area contributed by atoms with E-state index in [9.17, 15) is 5.11 Å². The van der Waals surface area contributed by atoms with Gasteiger partial charge in [-0.05, 0) is 19.3 Å². The molecule has 1 atom stereocenters. The molecule has 0 heterocycles. The molecule has 0 aliphatic heterocycles. The molecule has 0 amide bonds. The Labute approximate surface area is 86.6 Å². The predicted octanol–water partition coefficient (Wildman–Crippen LogP) is 1.29. The maximum Gasteiger partial charge on any atom is 0.0763 e. The number of hydrogen-bond acceptors (Lipinski definition) is 3. The molecule has 1 saturated carbocycles. The molecule has 14 heavy (non-hydrogen) atoms. The molecule has 0 aromatic carbocycles. The van der Waals surface area contributed by atoms with Gasteiger partial charge in [0.1, 0.15) is 0 Å². The number of rotatable bonds is 7. The lowest BCUT2D eigenvalue weighted by Gasteiger charge is -2.25. The summed E-state index contributed by atoms with van der Waals surface area (Å²) in [7, 11) is 0. The topological polar surface area (TPSA) is 55.5 Å². The number of ether oxygens (including phenoxy) is 1. The van der Waals surface area contributed by atoms with Gasteiger partial charge in [-0.3, -0.25) is 0 Å². The maximum absolute atomic E-state index is 9.58. The highest BCUT2D eigenvalue weighted by molar-refractivity contribution is 4.72. The Bertz CT molecular complexity index is 155. The van der Waals surface area contributed by atoms with Gasteiger partial charge < -0.3 is 15.6 Å². The van der Waals surface area contributed by atoms with E-state index in [0.717, 1.165) is 12.5 Å². The van der Waals surface area contributed by atoms with Crippen molar-refractivity contribution in [3.8, 4) is 0 Å². The predicted molar refractivity (Wildman–Crippen MR) is 57.1 cm³/mol. The van der Waals surface area contributed by atoms with Crippen LogP contribution in [0.4, 0.5) is 0 Å². The highest BCUT2D eigenvalue weighted by atomic mass is 16.5. The van der Waals surface area contributed by atoms with Gasteiger partial charge in [0.2, 0.25) is 0 Å². The van der Waals surface area contributed by atoms with Gasteiger partial charge in [0, 0.05) is 26.2 Å². The number of aliphatic hydroxyl groups is 1. The highest BCUT2D eigenvalue weighted by Gasteiger charge is 2.18. The lowest BCUT2D eigenvalue weighted by atomic mass is 9.83. The van der Waals surface area contributed by atoms with Crippen molar-refractivity contribution < 1.29 is 9.84 Å². The fraction of sp³-hybridized carbons (Fsp3) is 1.00. The standard InChI is InChI=1S/C11H23NO2/c1-11(13,9-12)6-8-14-7-5-10-3-2-4-10/h10,13H,2-9,12H2,1H3. The molecular weight excluding hydrogens is 178 g/mol. The summed E-state index contributed by atoms with van der Waals surface area (Å²) in [4.78, 5) is 0. The van der Waals surface area contributed by atoms with E-state index in [0.29, 0.717) is 19.6 Å². The fourth-order valence-electron chi connectivity index (χ4n) is 1.53. The van der Waals surface area contributed by atoms with Crippen LogP contribution >= 0.6 is 0 Å². The summed E-state index contributed by atoms with van der Waals surface area (Å²) in [6.45, 7) is 3.52. The average Bonchev–Trinajstić information content (AvgIpc) is 2.08. The minimum Gasteiger partial charge on any atom is -0.389 e. The second-order valence-electron chi connectivity index (χ2n) is 4.65. The van der Waals surface area contributed by atoms with Crippen molar-refractivity contribution in [3.63, 3.8) is 0 Å². The molecule has 1 aliphatic carbocycles. The third-order valence-corrected chi connectivity index (χ3v) is 3.12. The summed E-state index contributed by atoms with van der Waals surface area (Å²) < 4.78 is 5.46. The Balaban J connectivity index is 1.88. The maximum atomic E-state index is 9.58. The first kappa shape index (κ1) is 12.0. The van der Waals surface area contributed by atoms with Crippen LogP contribution in [0.3, 0.4) is 0 Å². The van der Waals surface area contributed by atoms with Gasteiger partial charge in [-0.2, -0.15) is 0 Å². The van der Waals surface area contributed by atoms with Crippen molar-refractivity contribution in [3.05, 3.63) is 0 Å². The minimum atomic E-state index is -0.754. The van der Waals surface area contributed by atoms with Gasteiger partial charge in [0.05, 0.1) is 5.60 Å². The molecule has 0 spiro atoms. The summed E-state index contributed by atoms with van der Waals surface area (Å²) in [6, 6.07) is 0. The fourth-order valence-corrected chi connectivity index (χ4v) is 1.53. The van der Waals surface area contributed by atoms with Gasteiger partial charge in [0.25, 0.3) is 0 Å². The zero-order valence-electron chi connectivity index (χ0n) is 9.17. The van der Waals surface area contributed by atoms with Crippen LogP contribution in [-0.2, 0) is 4.74 Å². The van der Waals surface area contributed by atoms with Gasteiger partial charge >= 0.3 is 0 Å². The summed E-state index contributed by atoms with van der Waals surface area (Å²) in [5.41, 5.74) is 4.64. The first-order valence-electron chi connectivity index (χ1n) is 5.64. The van der Waals surface area contributed by atoms with E-state index >= 15 is 0 Å². The van der Waals surface area contributed by atoms with E-state index in [1.165, 1.54) is 25.7 Å². The monoisotopic (exact) mass is 201 g/mol. The van der Waals surface area contributed by atoms with Crippen LogP contribution in [0.15, 0.2) is 0 Å². The van der Waals surface area contributed by atoms with Crippen LogP contribution in [0.25, 0.3) is 0 Å². The normalized spacial score (nSPS) is 21.6. The smallest absolute Gasteiger partial charge is 0.0763 e. The molecule has 0 aromatic rings. The van der Waals surface area contributed by atoms with E-state index in [1.54, 1.807) is 6.92 Å².